The molecule has 0 radical (unpaired) electrons. The lowest BCUT2D eigenvalue weighted by Gasteiger charge is -2.01. The van der Waals surface area contributed by atoms with Gasteiger partial charge in [0, 0.05) is 17.2 Å². The standard InChI is InChI=1S/C14H26N2S2/c1-5-7-15-8-13-12(6-2)16-14(18-13)10-17-9-11(3)4/h11,15H,5-10H2,1-4H3. The van der Waals surface area contributed by atoms with Crippen LogP contribution in [-0.4, -0.2) is 17.3 Å². The van der Waals surface area contributed by atoms with Crippen LogP contribution in [0.15, 0.2) is 0 Å². The molecule has 0 amide bonds. The molecule has 0 aliphatic carbocycles. The van der Waals surface area contributed by atoms with E-state index in [0.717, 1.165) is 31.2 Å². The van der Waals surface area contributed by atoms with Crippen LogP contribution in [0, 0.1) is 5.92 Å². The Morgan fingerprint density at radius 1 is 1.33 bits per heavy atom. The van der Waals surface area contributed by atoms with Crippen LogP contribution < -0.4 is 5.32 Å². The average molecular weight is 287 g/mol. The van der Waals surface area contributed by atoms with Crippen LogP contribution in [0.3, 0.4) is 0 Å². The van der Waals surface area contributed by atoms with Gasteiger partial charge in [-0.15, -0.1) is 11.3 Å². The fraction of sp³-hybridized carbons (Fsp3) is 0.786. The van der Waals surface area contributed by atoms with Crippen LogP contribution in [0.25, 0.3) is 0 Å². The number of hydrogen-bond donors (Lipinski definition) is 1. The Kier molecular flexibility index (Phi) is 7.95. The predicted molar refractivity (Wildman–Crippen MR) is 84.5 cm³/mol. The Morgan fingerprint density at radius 2 is 2.11 bits per heavy atom. The van der Waals surface area contributed by atoms with Crippen molar-refractivity contribution < 1.29 is 0 Å². The van der Waals surface area contributed by atoms with E-state index in [1.165, 1.54) is 27.8 Å². The molecule has 1 rings (SSSR count). The van der Waals surface area contributed by atoms with Gasteiger partial charge in [-0.05, 0) is 31.1 Å². The van der Waals surface area contributed by atoms with Gasteiger partial charge in [0.2, 0.25) is 0 Å². The van der Waals surface area contributed by atoms with E-state index in [0.29, 0.717) is 0 Å². The number of rotatable bonds is 9. The highest BCUT2D eigenvalue weighted by Crippen LogP contribution is 2.24. The van der Waals surface area contributed by atoms with Crippen molar-refractivity contribution in [1.29, 1.82) is 0 Å². The highest BCUT2D eigenvalue weighted by Gasteiger charge is 2.09. The van der Waals surface area contributed by atoms with Crippen molar-refractivity contribution in [2.75, 3.05) is 12.3 Å². The van der Waals surface area contributed by atoms with Crippen LogP contribution in [0.1, 0.15) is 49.7 Å². The zero-order valence-electron chi connectivity index (χ0n) is 12.1. The van der Waals surface area contributed by atoms with E-state index >= 15 is 0 Å². The van der Waals surface area contributed by atoms with Gasteiger partial charge in [0.15, 0.2) is 0 Å². The summed E-state index contributed by atoms with van der Waals surface area (Å²) in [6, 6.07) is 0. The van der Waals surface area contributed by atoms with Gasteiger partial charge in [-0.3, -0.25) is 0 Å². The molecule has 0 saturated heterocycles. The number of hydrogen-bond acceptors (Lipinski definition) is 4. The third kappa shape index (κ3) is 5.72. The molecule has 0 fully saturated rings. The van der Waals surface area contributed by atoms with Gasteiger partial charge in [0.1, 0.15) is 5.01 Å². The second-order valence-electron chi connectivity index (χ2n) is 4.92. The molecular weight excluding hydrogens is 260 g/mol. The number of aromatic nitrogens is 1. The van der Waals surface area contributed by atoms with Crippen molar-refractivity contribution in [2.45, 2.75) is 52.8 Å². The Bertz CT molecular complexity index is 335. The van der Waals surface area contributed by atoms with Crippen molar-refractivity contribution in [3.05, 3.63) is 15.6 Å². The maximum atomic E-state index is 4.76. The number of aryl methyl sites for hydroxylation is 1. The lowest BCUT2D eigenvalue weighted by atomic mass is 10.3. The maximum absolute atomic E-state index is 4.76. The van der Waals surface area contributed by atoms with Gasteiger partial charge in [-0.1, -0.05) is 27.7 Å². The summed E-state index contributed by atoms with van der Waals surface area (Å²) in [5.74, 6) is 3.07. The molecule has 1 N–H and O–H groups in total. The Labute approximate surface area is 120 Å². The monoisotopic (exact) mass is 286 g/mol. The van der Waals surface area contributed by atoms with Crippen LogP contribution >= 0.6 is 23.1 Å². The van der Waals surface area contributed by atoms with E-state index in [4.69, 9.17) is 4.98 Å². The highest BCUT2D eigenvalue weighted by atomic mass is 32.2. The lowest BCUT2D eigenvalue weighted by Crippen LogP contribution is -2.13. The number of thiazole rings is 1. The zero-order chi connectivity index (χ0) is 13.4. The zero-order valence-corrected chi connectivity index (χ0v) is 13.7. The first kappa shape index (κ1) is 16.0. The van der Waals surface area contributed by atoms with E-state index in [2.05, 4.69) is 33.0 Å². The first-order valence-corrected chi connectivity index (χ1v) is 8.90. The van der Waals surface area contributed by atoms with E-state index < -0.39 is 0 Å². The highest BCUT2D eigenvalue weighted by molar-refractivity contribution is 7.98. The third-order valence-corrected chi connectivity index (χ3v) is 5.21. The number of thioether (sulfide) groups is 1. The number of nitrogens with zero attached hydrogens (tertiary/aromatic N) is 1. The molecule has 0 aromatic carbocycles. The quantitative estimate of drug-likeness (QED) is 0.692. The summed E-state index contributed by atoms with van der Waals surface area (Å²) in [5, 5.41) is 4.77. The third-order valence-electron chi connectivity index (χ3n) is 2.55. The first-order chi connectivity index (χ1) is 8.67. The molecule has 2 nitrogen and oxygen atoms in total. The summed E-state index contributed by atoms with van der Waals surface area (Å²) >= 11 is 3.89. The molecule has 1 aromatic rings. The molecule has 0 atom stereocenters. The van der Waals surface area contributed by atoms with E-state index in [1.807, 2.05) is 23.1 Å². The number of nitrogens with one attached hydrogen (secondary N) is 1. The van der Waals surface area contributed by atoms with Crippen LogP contribution in [0.4, 0.5) is 0 Å². The van der Waals surface area contributed by atoms with Crippen molar-refractivity contribution >= 4 is 23.1 Å². The minimum Gasteiger partial charge on any atom is -0.312 e. The Balaban J connectivity index is 2.48. The second-order valence-corrected chi connectivity index (χ2v) is 7.12. The molecule has 0 unspecified atom stereocenters. The second kappa shape index (κ2) is 8.94. The summed E-state index contributed by atoms with van der Waals surface area (Å²) < 4.78 is 0. The van der Waals surface area contributed by atoms with Gasteiger partial charge in [-0.2, -0.15) is 11.8 Å². The molecule has 4 heteroatoms. The summed E-state index contributed by atoms with van der Waals surface area (Å²) in [6.07, 6.45) is 2.24. The largest absolute Gasteiger partial charge is 0.312 e. The lowest BCUT2D eigenvalue weighted by molar-refractivity contribution is 0.676. The first-order valence-electron chi connectivity index (χ1n) is 6.93. The Hall–Kier alpha value is -0.0600. The van der Waals surface area contributed by atoms with Crippen LogP contribution in [0.5, 0.6) is 0 Å². The normalized spacial score (nSPS) is 11.4. The molecule has 1 heterocycles. The van der Waals surface area contributed by atoms with Gasteiger partial charge < -0.3 is 5.32 Å². The SMILES string of the molecule is CCCNCc1sc(CSCC(C)C)nc1CC. The molecule has 104 valence electrons. The summed E-state index contributed by atoms with van der Waals surface area (Å²) in [5.41, 5.74) is 1.30. The molecule has 0 aliphatic rings. The van der Waals surface area contributed by atoms with Gasteiger partial charge >= 0.3 is 0 Å². The van der Waals surface area contributed by atoms with Crippen LogP contribution in [-0.2, 0) is 18.7 Å². The molecule has 18 heavy (non-hydrogen) atoms. The van der Waals surface area contributed by atoms with E-state index in [1.54, 1.807) is 0 Å². The van der Waals surface area contributed by atoms with Crippen molar-refractivity contribution in [2.24, 2.45) is 5.92 Å². The molecular formula is C14H26N2S2. The molecule has 0 saturated carbocycles. The minimum atomic E-state index is 0.770. The summed E-state index contributed by atoms with van der Waals surface area (Å²) in [7, 11) is 0. The maximum Gasteiger partial charge on any atom is 0.103 e. The molecule has 0 spiro atoms. The Morgan fingerprint density at radius 3 is 2.72 bits per heavy atom. The summed E-state index contributed by atoms with van der Waals surface area (Å²) in [4.78, 5) is 6.20. The average Bonchev–Trinajstić information content (AvgIpc) is 2.71. The fourth-order valence-corrected chi connectivity index (χ4v) is 3.91. The van der Waals surface area contributed by atoms with Crippen LogP contribution in [0.2, 0.25) is 0 Å². The molecule has 1 aromatic heterocycles. The van der Waals surface area contributed by atoms with E-state index in [9.17, 15) is 0 Å². The van der Waals surface area contributed by atoms with Gasteiger partial charge in [0.05, 0.1) is 5.69 Å². The smallest absolute Gasteiger partial charge is 0.103 e. The van der Waals surface area contributed by atoms with E-state index in [-0.39, 0.29) is 0 Å². The fourth-order valence-electron chi connectivity index (χ4n) is 1.67. The van der Waals surface area contributed by atoms with Gasteiger partial charge in [-0.25, -0.2) is 4.98 Å². The van der Waals surface area contributed by atoms with Gasteiger partial charge in [0.25, 0.3) is 0 Å². The van der Waals surface area contributed by atoms with Crippen molar-refractivity contribution in [1.82, 2.24) is 10.3 Å². The summed E-state index contributed by atoms with van der Waals surface area (Å²) in [6.45, 7) is 11.0. The minimum absolute atomic E-state index is 0.770. The molecule has 0 aliphatic heterocycles. The van der Waals surface area contributed by atoms with Crippen molar-refractivity contribution in [3.8, 4) is 0 Å². The topological polar surface area (TPSA) is 24.9 Å². The van der Waals surface area contributed by atoms with Crippen molar-refractivity contribution in [3.63, 3.8) is 0 Å². The molecule has 0 bridgehead atoms. The predicted octanol–water partition coefficient (Wildman–Crippen LogP) is 4.09.